The molecule has 0 radical (unpaired) electrons. The molecule has 1 saturated heterocycles. The first-order valence-corrected chi connectivity index (χ1v) is 7.20. The van der Waals surface area contributed by atoms with Gasteiger partial charge in [-0.3, -0.25) is 0 Å². The Morgan fingerprint density at radius 3 is 2.78 bits per heavy atom. The van der Waals surface area contributed by atoms with Gasteiger partial charge in [0.1, 0.15) is 0 Å². The third-order valence-electron chi connectivity index (χ3n) is 3.81. The van der Waals surface area contributed by atoms with Crippen molar-refractivity contribution in [1.29, 1.82) is 0 Å². The fourth-order valence-electron chi connectivity index (χ4n) is 2.79. The van der Waals surface area contributed by atoms with Crippen LogP contribution in [-0.2, 0) is 6.54 Å². The molecule has 0 atom stereocenters. The maximum atomic E-state index is 6.45. The zero-order chi connectivity index (χ0) is 13.2. The van der Waals surface area contributed by atoms with Gasteiger partial charge in [-0.05, 0) is 44.9 Å². The van der Waals surface area contributed by atoms with E-state index in [1.54, 1.807) is 0 Å². The zero-order valence-corrected chi connectivity index (χ0v) is 12.3. The molecule has 2 rings (SSSR count). The number of rotatable bonds is 4. The first-order valence-electron chi connectivity index (χ1n) is 6.82. The summed E-state index contributed by atoms with van der Waals surface area (Å²) in [7, 11) is 0. The van der Waals surface area contributed by atoms with Crippen molar-refractivity contribution in [3.63, 3.8) is 0 Å². The van der Waals surface area contributed by atoms with E-state index in [9.17, 15) is 0 Å². The molecule has 0 saturated carbocycles. The van der Waals surface area contributed by atoms with Crippen molar-refractivity contribution in [2.75, 3.05) is 18.0 Å². The van der Waals surface area contributed by atoms with Crippen molar-refractivity contribution >= 4 is 17.3 Å². The quantitative estimate of drug-likeness (QED) is 0.891. The lowest BCUT2D eigenvalue weighted by atomic mass is 10.0. The van der Waals surface area contributed by atoms with Gasteiger partial charge in [-0.25, -0.2) is 0 Å². The highest BCUT2D eigenvalue weighted by Gasteiger charge is 2.34. The highest BCUT2D eigenvalue weighted by atomic mass is 35.5. The van der Waals surface area contributed by atoms with Gasteiger partial charge in [-0.15, -0.1) is 0 Å². The van der Waals surface area contributed by atoms with Crippen LogP contribution in [0, 0.1) is 0 Å². The van der Waals surface area contributed by atoms with E-state index in [1.165, 1.54) is 24.1 Å². The van der Waals surface area contributed by atoms with Crippen LogP contribution in [0.1, 0.15) is 39.2 Å². The Morgan fingerprint density at radius 2 is 2.17 bits per heavy atom. The minimum Gasteiger partial charge on any atom is -0.365 e. The number of hydrogen-bond donors (Lipinski definition) is 1. The van der Waals surface area contributed by atoms with Crippen molar-refractivity contribution in [1.82, 2.24) is 5.32 Å². The second-order valence-electron chi connectivity index (χ2n) is 5.60. The Morgan fingerprint density at radius 1 is 1.39 bits per heavy atom. The summed E-state index contributed by atoms with van der Waals surface area (Å²) < 4.78 is 0. The van der Waals surface area contributed by atoms with E-state index in [4.69, 9.17) is 11.6 Å². The molecule has 0 bridgehead atoms. The van der Waals surface area contributed by atoms with Crippen molar-refractivity contribution < 1.29 is 0 Å². The van der Waals surface area contributed by atoms with E-state index in [2.05, 4.69) is 37.1 Å². The summed E-state index contributed by atoms with van der Waals surface area (Å²) in [4.78, 5) is 2.47. The van der Waals surface area contributed by atoms with Crippen molar-refractivity contribution in [2.45, 2.75) is 45.7 Å². The van der Waals surface area contributed by atoms with Gasteiger partial charge in [0.25, 0.3) is 0 Å². The van der Waals surface area contributed by atoms with E-state index in [1.807, 2.05) is 12.1 Å². The van der Waals surface area contributed by atoms with Gasteiger partial charge in [0.05, 0.1) is 10.7 Å². The fourth-order valence-corrected chi connectivity index (χ4v) is 3.08. The number of nitrogens with one attached hydrogen (secondary N) is 1. The van der Waals surface area contributed by atoms with E-state index in [-0.39, 0.29) is 5.54 Å². The maximum absolute atomic E-state index is 6.45. The van der Waals surface area contributed by atoms with Crippen molar-refractivity contribution in [3.8, 4) is 0 Å². The van der Waals surface area contributed by atoms with Gasteiger partial charge in [0.2, 0.25) is 0 Å². The Hall–Kier alpha value is -0.730. The molecule has 1 aliphatic heterocycles. The molecule has 1 aliphatic rings. The lowest BCUT2D eigenvalue weighted by Gasteiger charge is -2.36. The summed E-state index contributed by atoms with van der Waals surface area (Å²) >= 11 is 6.45. The number of nitrogens with zero attached hydrogens (tertiary/aromatic N) is 1. The van der Waals surface area contributed by atoms with Gasteiger partial charge < -0.3 is 10.2 Å². The molecular formula is C15H23ClN2. The molecule has 3 heteroatoms. The van der Waals surface area contributed by atoms with Crippen LogP contribution in [0.4, 0.5) is 5.69 Å². The second kappa shape index (κ2) is 5.50. The maximum Gasteiger partial charge on any atom is 0.0643 e. The summed E-state index contributed by atoms with van der Waals surface area (Å²) in [6.07, 6.45) is 2.48. The van der Waals surface area contributed by atoms with E-state index < -0.39 is 0 Å². The Labute approximate surface area is 115 Å². The van der Waals surface area contributed by atoms with E-state index in [0.29, 0.717) is 0 Å². The zero-order valence-electron chi connectivity index (χ0n) is 11.6. The molecule has 1 fully saturated rings. The average Bonchev–Trinajstić information content (AvgIpc) is 2.66. The first kappa shape index (κ1) is 13.7. The van der Waals surface area contributed by atoms with Gasteiger partial charge in [0.15, 0.2) is 0 Å². The molecular weight excluding hydrogens is 244 g/mol. The largest absolute Gasteiger partial charge is 0.365 e. The molecule has 1 N–H and O–H groups in total. The Bertz CT molecular complexity index is 415. The van der Waals surface area contributed by atoms with Crippen LogP contribution in [0.25, 0.3) is 0 Å². The Balaban J connectivity index is 2.36. The van der Waals surface area contributed by atoms with Crippen LogP contribution < -0.4 is 10.2 Å². The van der Waals surface area contributed by atoms with Crippen molar-refractivity contribution in [2.24, 2.45) is 0 Å². The lowest BCUT2D eigenvalue weighted by Crippen LogP contribution is -2.39. The number of hydrogen-bond acceptors (Lipinski definition) is 2. The SMILES string of the molecule is CCNCc1cccc(Cl)c1N1CCCC1(C)C. The summed E-state index contributed by atoms with van der Waals surface area (Å²) in [5, 5.41) is 4.27. The normalized spacial score (nSPS) is 18.3. The molecule has 0 spiro atoms. The predicted molar refractivity (Wildman–Crippen MR) is 79.5 cm³/mol. The lowest BCUT2D eigenvalue weighted by molar-refractivity contribution is 0.516. The van der Waals surface area contributed by atoms with Gasteiger partial charge in [-0.2, -0.15) is 0 Å². The number of para-hydroxylation sites is 1. The summed E-state index contributed by atoms with van der Waals surface area (Å²) in [6.45, 7) is 9.72. The van der Waals surface area contributed by atoms with E-state index >= 15 is 0 Å². The summed E-state index contributed by atoms with van der Waals surface area (Å²) in [5.41, 5.74) is 2.74. The molecule has 0 unspecified atom stereocenters. The van der Waals surface area contributed by atoms with Crippen molar-refractivity contribution in [3.05, 3.63) is 28.8 Å². The molecule has 1 heterocycles. The highest BCUT2D eigenvalue weighted by Crippen LogP contribution is 2.39. The molecule has 0 amide bonds. The van der Waals surface area contributed by atoms with Crippen LogP contribution >= 0.6 is 11.6 Å². The molecule has 18 heavy (non-hydrogen) atoms. The highest BCUT2D eigenvalue weighted by molar-refractivity contribution is 6.33. The Kier molecular flexibility index (Phi) is 4.18. The predicted octanol–water partition coefficient (Wildman–Crippen LogP) is 3.83. The number of anilines is 1. The molecule has 2 nitrogen and oxygen atoms in total. The van der Waals surface area contributed by atoms with Crippen LogP contribution in [0.5, 0.6) is 0 Å². The number of benzene rings is 1. The fraction of sp³-hybridized carbons (Fsp3) is 0.600. The molecule has 1 aromatic rings. The van der Waals surface area contributed by atoms with Crippen LogP contribution in [-0.4, -0.2) is 18.6 Å². The van der Waals surface area contributed by atoms with E-state index in [0.717, 1.165) is 24.7 Å². The average molecular weight is 267 g/mol. The summed E-state index contributed by atoms with van der Waals surface area (Å²) in [5.74, 6) is 0. The van der Waals surface area contributed by atoms with Crippen LogP contribution in [0.2, 0.25) is 5.02 Å². The minimum absolute atomic E-state index is 0.214. The van der Waals surface area contributed by atoms with Crippen LogP contribution in [0.15, 0.2) is 18.2 Å². The van der Waals surface area contributed by atoms with Gasteiger partial charge in [0, 0.05) is 18.6 Å². The molecule has 100 valence electrons. The van der Waals surface area contributed by atoms with Gasteiger partial charge >= 0.3 is 0 Å². The van der Waals surface area contributed by atoms with Gasteiger partial charge in [-0.1, -0.05) is 30.7 Å². The molecule has 0 aliphatic carbocycles. The third kappa shape index (κ3) is 2.65. The second-order valence-corrected chi connectivity index (χ2v) is 6.00. The first-order chi connectivity index (χ1) is 8.56. The minimum atomic E-state index is 0.214. The molecule has 0 aromatic heterocycles. The topological polar surface area (TPSA) is 15.3 Å². The number of halogens is 1. The standard InChI is InChI=1S/C15H23ClN2/c1-4-17-11-12-7-5-8-13(16)14(12)18-10-6-9-15(18,2)3/h5,7-8,17H,4,6,9-11H2,1-3H3. The smallest absolute Gasteiger partial charge is 0.0643 e. The summed E-state index contributed by atoms with van der Waals surface area (Å²) in [6, 6.07) is 6.22. The monoisotopic (exact) mass is 266 g/mol. The third-order valence-corrected chi connectivity index (χ3v) is 4.11. The molecule has 1 aromatic carbocycles. The van der Waals surface area contributed by atoms with Crippen LogP contribution in [0.3, 0.4) is 0 Å².